The van der Waals surface area contributed by atoms with Crippen molar-refractivity contribution < 1.29 is 0 Å². The Morgan fingerprint density at radius 1 is 1.50 bits per heavy atom. The van der Waals surface area contributed by atoms with Gasteiger partial charge >= 0.3 is 0 Å². The van der Waals surface area contributed by atoms with Gasteiger partial charge in [0.25, 0.3) is 0 Å². The van der Waals surface area contributed by atoms with Gasteiger partial charge in [-0.1, -0.05) is 0 Å². The molecule has 14 heavy (non-hydrogen) atoms. The highest BCUT2D eigenvalue weighted by Crippen LogP contribution is 2.09. The Kier molecular flexibility index (Phi) is 1.91. The zero-order valence-electron chi connectivity index (χ0n) is 8.05. The highest BCUT2D eigenvalue weighted by molar-refractivity contribution is 5.39. The van der Waals surface area contributed by atoms with Crippen LogP contribution in [0.25, 0.3) is 0 Å². The minimum Gasteiger partial charge on any atom is -0.396 e. The zero-order chi connectivity index (χ0) is 10.1. The third-order valence-electron chi connectivity index (χ3n) is 2.14. The number of rotatable bonds is 2. The molecule has 0 aliphatic carbocycles. The number of hydrogen-bond acceptors (Lipinski definition) is 5. The summed E-state index contributed by atoms with van der Waals surface area (Å²) in [7, 11) is 1.79. The quantitative estimate of drug-likeness (QED) is 0.684. The molecule has 0 radical (unpaired) electrons. The van der Waals surface area contributed by atoms with Crippen LogP contribution < -0.4 is 5.73 Å². The molecule has 2 heterocycles. The largest absolute Gasteiger partial charge is 0.396 e. The maximum Gasteiger partial charge on any atom is 0.172 e. The van der Waals surface area contributed by atoms with Gasteiger partial charge < -0.3 is 5.73 Å². The van der Waals surface area contributed by atoms with Crippen LogP contribution in [0.4, 0.5) is 5.69 Å². The summed E-state index contributed by atoms with van der Waals surface area (Å²) in [5.74, 6) is 0.746. The van der Waals surface area contributed by atoms with E-state index in [1.165, 1.54) is 0 Å². The van der Waals surface area contributed by atoms with E-state index in [-0.39, 0.29) is 0 Å². The summed E-state index contributed by atoms with van der Waals surface area (Å²) in [4.78, 5) is 0. The van der Waals surface area contributed by atoms with E-state index >= 15 is 0 Å². The van der Waals surface area contributed by atoms with Gasteiger partial charge in [0.05, 0.1) is 17.6 Å². The molecule has 0 spiro atoms. The first-order chi connectivity index (χ1) is 6.68. The summed E-state index contributed by atoms with van der Waals surface area (Å²) in [6.07, 6.45) is 1.62. The van der Waals surface area contributed by atoms with Gasteiger partial charge in [-0.25, -0.2) is 4.68 Å². The number of nitrogen functional groups attached to an aromatic ring is 1. The Bertz CT molecular complexity index is 441. The molecule has 0 aromatic carbocycles. The average molecular weight is 193 g/mol. The summed E-state index contributed by atoms with van der Waals surface area (Å²) in [6, 6.07) is 0. The topological polar surface area (TPSA) is 87.4 Å². The highest BCUT2D eigenvalue weighted by Gasteiger charge is 2.07. The summed E-state index contributed by atoms with van der Waals surface area (Å²) in [6.45, 7) is 2.44. The molecule has 2 aromatic heterocycles. The van der Waals surface area contributed by atoms with Crippen LogP contribution in [0.2, 0.25) is 0 Å². The van der Waals surface area contributed by atoms with Gasteiger partial charge in [0.1, 0.15) is 6.54 Å². The van der Waals surface area contributed by atoms with Gasteiger partial charge in [-0.05, 0) is 17.4 Å². The van der Waals surface area contributed by atoms with E-state index in [4.69, 9.17) is 5.73 Å². The van der Waals surface area contributed by atoms with E-state index in [2.05, 4.69) is 20.6 Å². The van der Waals surface area contributed by atoms with E-state index in [1.54, 1.807) is 22.6 Å². The van der Waals surface area contributed by atoms with Gasteiger partial charge in [0, 0.05) is 7.05 Å². The zero-order valence-corrected chi connectivity index (χ0v) is 8.05. The number of aromatic nitrogens is 6. The molecule has 0 bridgehead atoms. The van der Waals surface area contributed by atoms with Crippen molar-refractivity contribution in [2.75, 3.05) is 5.73 Å². The molecule has 0 saturated heterocycles. The second kappa shape index (κ2) is 3.09. The number of tetrazole rings is 1. The number of nitrogens with zero attached hydrogens (tertiary/aromatic N) is 6. The van der Waals surface area contributed by atoms with E-state index < -0.39 is 0 Å². The Labute approximate surface area is 80.5 Å². The summed E-state index contributed by atoms with van der Waals surface area (Å²) in [5, 5.41) is 15.3. The summed E-state index contributed by atoms with van der Waals surface area (Å²) < 4.78 is 3.37. The van der Waals surface area contributed by atoms with E-state index in [0.29, 0.717) is 12.2 Å². The van der Waals surface area contributed by atoms with E-state index in [0.717, 1.165) is 11.5 Å². The van der Waals surface area contributed by atoms with Crippen molar-refractivity contribution in [3.05, 3.63) is 17.7 Å². The highest BCUT2D eigenvalue weighted by atomic mass is 15.5. The summed E-state index contributed by atoms with van der Waals surface area (Å²) >= 11 is 0. The lowest BCUT2D eigenvalue weighted by molar-refractivity contribution is 0.595. The van der Waals surface area contributed by atoms with Crippen LogP contribution in [0.5, 0.6) is 0 Å². The first kappa shape index (κ1) is 8.67. The van der Waals surface area contributed by atoms with Gasteiger partial charge in [-0.2, -0.15) is 5.10 Å². The van der Waals surface area contributed by atoms with Crippen LogP contribution >= 0.6 is 0 Å². The fourth-order valence-corrected chi connectivity index (χ4v) is 1.14. The molecular weight excluding hydrogens is 182 g/mol. The first-order valence-electron chi connectivity index (χ1n) is 4.17. The second-order valence-corrected chi connectivity index (χ2v) is 3.06. The van der Waals surface area contributed by atoms with Crippen molar-refractivity contribution in [3.63, 3.8) is 0 Å². The molecule has 2 aromatic rings. The molecule has 2 N–H and O–H groups in total. The first-order valence-corrected chi connectivity index (χ1v) is 4.17. The predicted molar refractivity (Wildman–Crippen MR) is 49.3 cm³/mol. The third kappa shape index (κ3) is 1.32. The SMILES string of the molecule is Cc1c(N)cnn1Cc1nnnn1C. The van der Waals surface area contributed by atoms with E-state index in [1.807, 2.05) is 6.92 Å². The van der Waals surface area contributed by atoms with Crippen molar-refractivity contribution in [1.82, 2.24) is 30.0 Å². The molecule has 2 rings (SSSR count). The molecular formula is C7H11N7. The van der Waals surface area contributed by atoms with Crippen LogP contribution in [-0.4, -0.2) is 30.0 Å². The van der Waals surface area contributed by atoms with Crippen molar-refractivity contribution in [2.24, 2.45) is 7.05 Å². The molecule has 0 aliphatic heterocycles. The maximum absolute atomic E-state index is 5.67. The van der Waals surface area contributed by atoms with Crippen LogP contribution in [0.1, 0.15) is 11.5 Å². The Morgan fingerprint density at radius 2 is 2.29 bits per heavy atom. The van der Waals surface area contributed by atoms with Crippen molar-refractivity contribution in [2.45, 2.75) is 13.5 Å². The molecule has 74 valence electrons. The van der Waals surface area contributed by atoms with Gasteiger partial charge in [-0.15, -0.1) is 5.10 Å². The lowest BCUT2D eigenvalue weighted by atomic mass is 10.4. The second-order valence-electron chi connectivity index (χ2n) is 3.06. The van der Waals surface area contributed by atoms with Gasteiger partial charge in [-0.3, -0.25) is 4.68 Å². The molecule has 0 unspecified atom stereocenters. The number of aryl methyl sites for hydroxylation is 1. The Balaban J connectivity index is 2.27. The smallest absolute Gasteiger partial charge is 0.172 e. The lowest BCUT2D eigenvalue weighted by Gasteiger charge is -2.02. The molecule has 0 atom stereocenters. The van der Waals surface area contributed by atoms with Crippen LogP contribution in [0.3, 0.4) is 0 Å². The molecule has 0 amide bonds. The van der Waals surface area contributed by atoms with Crippen molar-refractivity contribution >= 4 is 5.69 Å². The Hall–Kier alpha value is -1.92. The standard InChI is InChI=1S/C7H11N7/c1-5-6(8)3-9-14(5)4-7-10-11-12-13(7)2/h3H,4,8H2,1-2H3. The minimum absolute atomic E-state index is 0.534. The number of nitrogens with two attached hydrogens (primary N) is 1. The number of hydrogen-bond donors (Lipinski definition) is 1. The molecule has 0 saturated carbocycles. The number of anilines is 1. The molecule has 7 nitrogen and oxygen atoms in total. The fourth-order valence-electron chi connectivity index (χ4n) is 1.14. The average Bonchev–Trinajstić information content (AvgIpc) is 2.68. The third-order valence-corrected chi connectivity index (χ3v) is 2.14. The maximum atomic E-state index is 5.67. The van der Waals surface area contributed by atoms with Crippen LogP contribution in [0.15, 0.2) is 6.20 Å². The van der Waals surface area contributed by atoms with Gasteiger partial charge in [0.15, 0.2) is 5.82 Å². The van der Waals surface area contributed by atoms with E-state index in [9.17, 15) is 0 Å². The normalized spacial score (nSPS) is 10.7. The lowest BCUT2D eigenvalue weighted by Crippen LogP contribution is -2.09. The van der Waals surface area contributed by atoms with Crippen LogP contribution in [0, 0.1) is 6.92 Å². The minimum atomic E-state index is 0.534. The summed E-state index contributed by atoms with van der Waals surface area (Å²) in [5.41, 5.74) is 7.27. The van der Waals surface area contributed by atoms with Gasteiger partial charge in [0.2, 0.25) is 0 Å². The Morgan fingerprint density at radius 3 is 2.79 bits per heavy atom. The van der Waals surface area contributed by atoms with Crippen molar-refractivity contribution in [1.29, 1.82) is 0 Å². The fraction of sp³-hybridized carbons (Fsp3) is 0.429. The molecule has 0 aliphatic rings. The monoisotopic (exact) mass is 193 g/mol. The van der Waals surface area contributed by atoms with Crippen molar-refractivity contribution in [3.8, 4) is 0 Å². The molecule has 0 fully saturated rings. The predicted octanol–water partition coefficient (Wildman–Crippen LogP) is -0.654. The molecule has 7 heteroatoms. The van der Waals surface area contributed by atoms with Crippen LogP contribution in [-0.2, 0) is 13.6 Å².